The first kappa shape index (κ1) is 7.60. The van der Waals surface area contributed by atoms with Crippen molar-refractivity contribution in [1.29, 1.82) is 0 Å². The largest absolute Gasteiger partial charge is 0.497 e. The summed E-state index contributed by atoms with van der Waals surface area (Å²) < 4.78 is 4.88. The van der Waals surface area contributed by atoms with Gasteiger partial charge in [-0.2, -0.15) is 0 Å². The van der Waals surface area contributed by atoms with E-state index in [2.05, 4.69) is 0 Å². The number of carbonyl (C=O) groups is 1. The summed E-state index contributed by atoms with van der Waals surface area (Å²) in [5.74, 6) is 0.0163. The summed E-state index contributed by atoms with van der Waals surface area (Å²) in [5, 5.41) is 0. The van der Waals surface area contributed by atoms with E-state index in [0.29, 0.717) is 11.3 Å². The number of nitrogens with one attached hydrogen (secondary N) is 1. The highest BCUT2D eigenvalue weighted by molar-refractivity contribution is 5.92. The Labute approximate surface area is 64.8 Å². The second-order valence-electron chi connectivity index (χ2n) is 2.06. The van der Waals surface area contributed by atoms with Crippen LogP contribution in [-0.4, -0.2) is 13.0 Å². The number of hydrogen-bond acceptors (Lipinski definition) is 2. The molecule has 1 N–H and O–H groups in total. The van der Waals surface area contributed by atoms with E-state index in [1.54, 1.807) is 31.4 Å². The molecule has 1 amide bonds. The van der Waals surface area contributed by atoms with Gasteiger partial charge in [0.15, 0.2) is 0 Å². The Hall–Kier alpha value is -1.51. The Morgan fingerprint density at radius 3 is 2.27 bits per heavy atom. The number of ether oxygens (including phenoxy) is 1. The molecule has 1 aromatic rings. The molecule has 0 fully saturated rings. The van der Waals surface area contributed by atoms with Crippen molar-refractivity contribution in [1.82, 2.24) is 5.73 Å². The Kier molecular flexibility index (Phi) is 2.11. The van der Waals surface area contributed by atoms with Crippen molar-refractivity contribution in [2.75, 3.05) is 7.11 Å². The van der Waals surface area contributed by atoms with Gasteiger partial charge >= 0.3 is 0 Å². The van der Waals surface area contributed by atoms with Crippen LogP contribution < -0.4 is 10.5 Å². The predicted molar refractivity (Wildman–Crippen MR) is 40.4 cm³/mol. The number of benzene rings is 1. The third-order valence-corrected chi connectivity index (χ3v) is 1.35. The maximum Gasteiger partial charge on any atom is 0.269 e. The van der Waals surface area contributed by atoms with Gasteiger partial charge in [0, 0.05) is 5.56 Å². The lowest BCUT2D eigenvalue weighted by Crippen LogP contribution is -1.97. The molecule has 0 aliphatic rings. The van der Waals surface area contributed by atoms with E-state index in [9.17, 15) is 4.79 Å². The van der Waals surface area contributed by atoms with Gasteiger partial charge in [-0.25, -0.2) is 0 Å². The molecule has 0 heterocycles. The molecular formula is C8H8NO2. The summed E-state index contributed by atoms with van der Waals surface area (Å²) in [7, 11) is 1.55. The van der Waals surface area contributed by atoms with Crippen LogP contribution in [-0.2, 0) is 0 Å². The normalized spacial score (nSPS) is 9.18. The molecule has 1 rings (SSSR count). The Morgan fingerprint density at radius 2 is 1.91 bits per heavy atom. The predicted octanol–water partition coefficient (Wildman–Crippen LogP) is 1.12. The number of carbonyl (C=O) groups excluding carboxylic acids is 1. The standard InChI is InChI=1S/C8H8NO2/c1-11-7-4-2-6(3-5-7)8(9)10/h2-5,9H,1H3. The van der Waals surface area contributed by atoms with E-state index in [0.717, 1.165) is 0 Å². The second-order valence-corrected chi connectivity index (χ2v) is 2.06. The fraction of sp³-hybridized carbons (Fsp3) is 0.125. The summed E-state index contributed by atoms with van der Waals surface area (Å²) in [6.45, 7) is 0. The Bertz CT molecular complexity index is 253. The van der Waals surface area contributed by atoms with Crippen molar-refractivity contribution in [3.63, 3.8) is 0 Å². The zero-order chi connectivity index (χ0) is 8.27. The molecule has 0 aliphatic heterocycles. The summed E-state index contributed by atoms with van der Waals surface area (Å²) in [4.78, 5) is 10.5. The van der Waals surface area contributed by atoms with Crippen LogP contribution in [0.25, 0.3) is 0 Å². The molecule has 11 heavy (non-hydrogen) atoms. The first-order chi connectivity index (χ1) is 5.24. The first-order valence-corrected chi connectivity index (χ1v) is 3.14. The molecule has 0 spiro atoms. The maximum atomic E-state index is 10.5. The lowest BCUT2D eigenvalue weighted by Gasteiger charge is -1.98. The van der Waals surface area contributed by atoms with E-state index < -0.39 is 5.91 Å². The van der Waals surface area contributed by atoms with Crippen molar-refractivity contribution in [3.05, 3.63) is 29.8 Å². The van der Waals surface area contributed by atoms with Crippen molar-refractivity contribution in [2.45, 2.75) is 0 Å². The van der Waals surface area contributed by atoms with E-state index in [1.165, 1.54) is 0 Å². The molecular weight excluding hydrogens is 142 g/mol. The number of amides is 1. The van der Waals surface area contributed by atoms with Gasteiger partial charge in [0.25, 0.3) is 5.91 Å². The lowest BCUT2D eigenvalue weighted by molar-refractivity contribution is 0.0992. The third kappa shape index (κ3) is 1.70. The highest BCUT2D eigenvalue weighted by Gasteiger charge is 1.98. The minimum atomic E-state index is -0.673. The highest BCUT2D eigenvalue weighted by atomic mass is 16.5. The van der Waals surface area contributed by atoms with E-state index in [4.69, 9.17) is 10.5 Å². The summed E-state index contributed by atoms with van der Waals surface area (Å²) in [5.41, 5.74) is 7.15. The van der Waals surface area contributed by atoms with Gasteiger partial charge in [-0.3, -0.25) is 10.5 Å². The van der Waals surface area contributed by atoms with Gasteiger partial charge < -0.3 is 4.74 Å². The Balaban J connectivity index is 2.91. The van der Waals surface area contributed by atoms with Gasteiger partial charge in [0.05, 0.1) is 7.11 Å². The van der Waals surface area contributed by atoms with Gasteiger partial charge in [-0.15, -0.1) is 0 Å². The molecule has 0 atom stereocenters. The minimum absolute atomic E-state index is 0.380. The van der Waals surface area contributed by atoms with Crippen LogP contribution in [0.5, 0.6) is 5.75 Å². The average Bonchev–Trinajstić information content (AvgIpc) is 2.05. The van der Waals surface area contributed by atoms with Gasteiger partial charge in [0.1, 0.15) is 5.75 Å². The molecule has 3 nitrogen and oxygen atoms in total. The van der Waals surface area contributed by atoms with Crippen LogP contribution in [0, 0.1) is 0 Å². The SMILES string of the molecule is COc1ccc(C([NH])=O)cc1. The molecule has 0 aromatic heterocycles. The highest BCUT2D eigenvalue weighted by Crippen LogP contribution is 2.10. The van der Waals surface area contributed by atoms with E-state index >= 15 is 0 Å². The van der Waals surface area contributed by atoms with Crippen molar-refractivity contribution < 1.29 is 9.53 Å². The summed E-state index contributed by atoms with van der Waals surface area (Å²) in [6.07, 6.45) is 0. The molecule has 0 saturated heterocycles. The zero-order valence-corrected chi connectivity index (χ0v) is 6.13. The van der Waals surface area contributed by atoms with Gasteiger partial charge in [-0.05, 0) is 24.3 Å². The molecule has 1 aromatic carbocycles. The average molecular weight is 150 g/mol. The fourth-order valence-electron chi connectivity index (χ4n) is 0.742. The van der Waals surface area contributed by atoms with Crippen molar-refractivity contribution in [3.8, 4) is 5.75 Å². The van der Waals surface area contributed by atoms with Crippen LogP contribution in [0.1, 0.15) is 10.4 Å². The molecule has 57 valence electrons. The maximum absolute atomic E-state index is 10.5. The third-order valence-electron chi connectivity index (χ3n) is 1.35. The molecule has 0 unspecified atom stereocenters. The quantitative estimate of drug-likeness (QED) is 0.634. The fourth-order valence-corrected chi connectivity index (χ4v) is 0.742. The van der Waals surface area contributed by atoms with Gasteiger partial charge in [0.2, 0.25) is 0 Å². The Morgan fingerprint density at radius 1 is 1.36 bits per heavy atom. The molecule has 1 radical (unpaired) electrons. The minimum Gasteiger partial charge on any atom is -0.497 e. The summed E-state index contributed by atoms with van der Waals surface area (Å²) in [6, 6.07) is 6.44. The van der Waals surface area contributed by atoms with Crippen LogP contribution in [0.15, 0.2) is 24.3 Å². The molecule has 3 heteroatoms. The summed E-state index contributed by atoms with van der Waals surface area (Å²) >= 11 is 0. The van der Waals surface area contributed by atoms with Gasteiger partial charge in [-0.1, -0.05) is 0 Å². The van der Waals surface area contributed by atoms with Crippen LogP contribution in [0.3, 0.4) is 0 Å². The van der Waals surface area contributed by atoms with Crippen molar-refractivity contribution in [2.24, 2.45) is 0 Å². The molecule has 0 aliphatic carbocycles. The zero-order valence-electron chi connectivity index (χ0n) is 6.13. The smallest absolute Gasteiger partial charge is 0.269 e. The monoisotopic (exact) mass is 150 g/mol. The van der Waals surface area contributed by atoms with Crippen molar-refractivity contribution >= 4 is 5.91 Å². The molecule has 0 saturated carbocycles. The topological polar surface area (TPSA) is 50.1 Å². The lowest BCUT2D eigenvalue weighted by atomic mass is 10.2. The van der Waals surface area contributed by atoms with E-state index in [-0.39, 0.29) is 0 Å². The van der Waals surface area contributed by atoms with Crippen LogP contribution in [0.4, 0.5) is 0 Å². The van der Waals surface area contributed by atoms with Crippen LogP contribution >= 0.6 is 0 Å². The number of hydrogen-bond donors (Lipinski definition) is 0. The first-order valence-electron chi connectivity index (χ1n) is 3.14. The van der Waals surface area contributed by atoms with E-state index in [1.807, 2.05) is 0 Å². The number of rotatable bonds is 2. The number of methoxy groups -OCH3 is 1. The second kappa shape index (κ2) is 3.05. The molecule has 0 bridgehead atoms. The van der Waals surface area contributed by atoms with Crippen LogP contribution in [0.2, 0.25) is 0 Å².